The third kappa shape index (κ3) is 13.7. The van der Waals surface area contributed by atoms with E-state index in [0.717, 1.165) is 29.0 Å². The van der Waals surface area contributed by atoms with Crippen molar-refractivity contribution in [1.82, 2.24) is 30.2 Å². The molecular formula is C27H44N7O18P3S. The molecule has 0 aliphatic carbocycles. The molecule has 25 nitrogen and oxygen atoms in total. The Morgan fingerprint density at radius 2 is 1.71 bits per heavy atom. The predicted molar refractivity (Wildman–Crippen MR) is 192 cm³/mol. The summed E-state index contributed by atoms with van der Waals surface area (Å²) in [5.41, 5.74) is 4.22. The van der Waals surface area contributed by atoms with Crippen LogP contribution in [0.25, 0.3) is 11.2 Å². The number of Topliss-reactive ketones (excluding diaryl/α,β-unsaturated/α-hetero) is 1. The molecule has 1 aliphatic heterocycles. The Hall–Kier alpha value is -2.77. The first-order chi connectivity index (χ1) is 25.9. The molecule has 0 radical (unpaired) electrons. The van der Waals surface area contributed by atoms with Crippen molar-refractivity contribution in [3.63, 3.8) is 0 Å². The summed E-state index contributed by atoms with van der Waals surface area (Å²) < 4.78 is 62.0. The summed E-state index contributed by atoms with van der Waals surface area (Å²) in [6.45, 7) is 3.46. The van der Waals surface area contributed by atoms with Gasteiger partial charge in [0.05, 0.1) is 25.5 Å². The standard InChI is InChI=1S/C27H44N7O18P3S/c1-5-15(35)14(2)26(40)56-9-8-29-17(36)6-7-30-24(39)21(38)27(3,4)11-49-55(46,47)52-54(44,45)48-10-16-20(51-53(41,42)43)19(37)25(50-16)34-13-33-18-22(28)31-12-32-23(18)34/h12-14,16,19-21,25,37-38H,5-11H2,1-4H3,(H,29,36)(H,30,39)(H,44,45)(H,46,47)(H2,28,31,32)(H2,41,42,43)/t14?,16-,19-,20-,21?,25-/m1/s1. The summed E-state index contributed by atoms with van der Waals surface area (Å²) in [5, 5.41) is 25.9. The Morgan fingerprint density at radius 3 is 2.36 bits per heavy atom. The van der Waals surface area contributed by atoms with E-state index < -0.39 is 90.5 Å². The van der Waals surface area contributed by atoms with E-state index in [0.29, 0.717) is 0 Å². The highest BCUT2D eigenvalue weighted by molar-refractivity contribution is 8.13. The van der Waals surface area contributed by atoms with Crippen LogP contribution in [0.15, 0.2) is 12.7 Å². The summed E-state index contributed by atoms with van der Waals surface area (Å²) in [5.74, 6) is -2.27. The molecule has 10 N–H and O–H groups in total. The minimum atomic E-state index is -5.58. The van der Waals surface area contributed by atoms with Crippen molar-refractivity contribution in [3.05, 3.63) is 12.7 Å². The number of aliphatic hydroxyl groups excluding tert-OH is 2. The van der Waals surface area contributed by atoms with E-state index in [1.165, 1.54) is 20.8 Å². The van der Waals surface area contributed by atoms with Crippen molar-refractivity contribution < 1.29 is 85.3 Å². The van der Waals surface area contributed by atoms with Crippen molar-refractivity contribution in [3.8, 4) is 0 Å². The minimum absolute atomic E-state index is 0.0240. The Morgan fingerprint density at radius 1 is 1.05 bits per heavy atom. The number of nitrogen functional groups attached to an aromatic ring is 1. The number of phosphoric acid groups is 3. The number of aliphatic hydroxyl groups is 2. The number of carbonyl (C=O) groups excluding carboxylic acids is 4. The number of nitrogens with one attached hydrogen (secondary N) is 2. The average molecular weight is 880 g/mol. The normalized spacial score (nSPS) is 22.2. The Labute approximate surface area is 322 Å². The lowest BCUT2D eigenvalue weighted by Gasteiger charge is -2.30. The first-order valence-corrected chi connectivity index (χ1v) is 22.0. The molecule has 1 aliphatic rings. The highest BCUT2D eigenvalue weighted by Crippen LogP contribution is 2.61. The minimum Gasteiger partial charge on any atom is -0.386 e. The Kier molecular flexibility index (Phi) is 16.8. The number of hydrogen-bond acceptors (Lipinski definition) is 19. The van der Waals surface area contributed by atoms with E-state index in [1.807, 2.05) is 0 Å². The van der Waals surface area contributed by atoms with Gasteiger partial charge in [-0.15, -0.1) is 0 Å². The second-order valence-electron chi connectivity index (χ2n) is 12.8. The van der Waals surface area contributed by atoms with Gasteiger partial charge in [-0.3, -0.25) is 37.3 Å². The first-order valence-electron chi connectivity index (χ1n) is 16.5. The molecule has 316 valence electrons. The molecule has 3 rings (SSSR count). The number of fused-ring (bicyclic) bond motifs is 1. The van der Waals surface area contributed by atoms with Gasteiger partial charge in [0.1, 0.15) is 42.0 Å². The van der Waals surface area contributed by atoms with Gasteiger partial charge >= 0.3 is 23.5 Å². The van der Waals surface area contributed by atoms with Crippen LogP contribution >= 0.6 is 35.2 Å². The maximum Gasteiger partial charge on any atom is 0.481 e. The van der Waals surface area contributed by atoms with Crippen LogP contribution in [0.2, 0.25) is 0 Å². The van der Waals surface area contributed by atoms with Gasteiger partial charge in [0, 0.05) is 37.1 Å². The van der Waals surface area contributed by atoms with Crippen molar-refractivity contribution in [2.45, 2.75) is 71.2 Å². The van der Waals surface area contributed by atoms with Crippen LogP contribution in [-0.2, 0) is 55.5 Å². The fourth-order valence-corrected chi connectivity index (χ4v) is 8.46. The molecule has 0 bridgehead atoms. The number of nitrogens with zero attached hydrogens (tertiary/aromatic N) is 4. The largest absolute Gasteiger partial charge is 0.481 e. The summed E-state index contributed by atoms with van der Waals surface area (Å²) in [6, 6.07) is 0. The number of anilines is 1. The van der Waals surface area contributed by atoms with E-state index in [-0.39, 0.29) is 59.6 Å². The summed E-state index contributed by atoms with van der Waals surface area (Å²) in [6.07, 6.45) is -6.80. The first kappa shape index (κ1) is 47.6. The smallest absolute Gasteiger partial charge is 0.386 e. The van der Waals surface area contributed by atoms with E-state index in [9.17, 15) is 62.7 Å². The van der Waals surface area contributed by atoms with Crippen LogP contribution in [0.3, 0.4) is 0 Å². The zero-order valence-corrected chi connectivity index (χ0v) is 33.8. The van der Waals surface area contributed by atoms with Crippen LogP contribution in [-0.4, -0.2) is 128 Å². The molecule has 2 aromatic heterocycles. The van der Waals surface area contributed by atoms with Crippen LogP contribution in [0, 0.1) is 11.3 Å². The van der Waals surface area contributed by atoms with Gasteiger partial charge in [0.2, 0.25) is 11.8 Å². The number of hydrogen-bond donors (Lipinski definition) is 9. The van der Waals surface area contributed by atoms with Gasteiger partial charge in [0.25, 0.3) is 0 Å². The lowest BCUT2D eigenvalue weighted by molar-refractivity contribution is -0.137. The maximum atomic E-state index is 12.7. The van der Waals surface area contributed by atoms with Crippen LogP contribution in [0.1, 0.15) is 46.8 Å². The third-order valence-electron chi connectivity index (χ3n) is 7.93. The molecule has 1 saturated heterocycles. The topological polar surface area (TPSA) is 381 Å². The number of aromatic nitrogens is 4. The third-order valence-corrected chi connectivity index (χ3v) is 12.1. The lowest BCUT2D eigenvalue weighted by atomic mass is 9.87. The number of imidazole rings is 1. The van der Waals surface area contributed by atoms with Gasteiger partial charge in [-0.25, -0.2) is 28.6 Å². The molecule has 29 heteroatoms. The fourth-order valence-electron chi connectivity index (χ4n) is 4.84. The number of thioether (sulfide) groups is 1. The number of amides is 2. The summed E-state index contributed by atoms with van der Waals surface area (Å²) >= 11 is 0.901. The number of rotatable bonds is 22. The molecule has 8 atom stereocenters. The van der Waals surface area contributed by atoms with Crippen LogP contribution in [0.5, 0.6) is 0 Å². The maximum absolute atomic E-state index is 12.7. The Bertz CT molecular complexity index is 1880. The van der Waals surface area contributed by atoms with Crippen molar-refractivity contribution in [1.29, 1.82) is 0 Å². The molecule has 4 unspecified atom stereocenters. The average Bonchev–Trinajstić information content (AvgIpc) is 3.67. The molecule has 3 heterocycles. The number of ether oxygens (including phenoxy) is 1. The number of carbonyl (C=O) groups is 4. The zero-order chi connectivity index (χ0) is 42.2. The Balaban J connectivity index is 1.49. The second-order valence-corrected chi connectivity index (χ2v) is 18.1. The van der Waals surface area contributed by atoms with Gasteiger partial charge in [0.15, 0.2) is 22.8 Å². The summed E-state index contributed by atoms with van der Waals surface area (Å²) in [7, 11) is -16.4. The zero-order valence-electron chi connectivity index (χ0n) is 30.3. The quantitative estimate of drug-likeness (QED) is 0.0400. The summed E-state index contributed by atoms with van der Waals surface area (Å²) in [4.78, 5) is 99.1. The van der Waals surface area contributed by atoms with E-state index in [4.69, 9.17) is 19.5 Å². The van der Waals surface area contributed by atoms with Gasteiger partial charge < -0.3 is 50.9 Å². The molecule has 2 aromatic rings. The highest BCUT2D eigenvalue weighted by atomic mass is 32.2. The highest BCUT2D eigenvalue weighted by Gasteiger charge is 2.50. The molecular weight excluding hydrogens is 835 g/mol. The van der Waals surface area contributed by atoms with Crippen molar-refractivity contribution in [2.75, 3.05) is 37.8 Å². The number of phosphoric ester groups is 3. The van der Waals surface area contributed by atoms with E-state index >= 15 is 0 Å². The van der Waals surface area contributed by atoms with Crippen LogP contribution in [0.4, 0.5) is 5.82 Å². The van der Waals surface area contributed by atoms with Gasteiger partial charge in [-0.05, 0) is 6.92 Å². The lowest BCUT2D eigenvalue weighted by Crippen LogP contribution is -2.46. The van der Waals surface area contributed by atoms with Gasteiger partial charge in [-0.2, -0.15) is 4.31 Å². The van der Waals surface area contributed by atoms with Crippen molar-refractivity contribution in [2.24, 2.45) is 11.3 Å². The van der Waals surface area contributed by atoms with Crippen LogP contribution < -0.4 is 16.4 Å². The fraction of sp³-hybridized carbons (Fsp3) is 0.667. The SMILES string of the molecule is CCC(=O)C(C)C(=O)SCCNC(=O)CCNC(=O)C(O)C(C)(C)COP(=O)(O)OP(=O)(O)OC[C@H]1O[C@@H](n2cnc3c(N)ncnc32)[C@H](O)[C@@H]1OP(=O)(O)O. The second kappa shape index (κ2) is 19.8. The molecule has 1 fully saturated rings. The van der Waals surface area contributed by atoms with Gasteiger partial charge in [-0.1, -0.05) is 32.5 Å². The van der Waals surface area contributed by atoms with Crippen molar-refractivity contribution >= 4 is 74.9 Å². The number of nitrogens with two attached hydrogens (primary N) is 1. The monoisotopic (exact) mass is 879 g/mol. The van der Waals surface area contributed by atoms with E-state index in [1.54, 1.807) is 6.92 Å². The number of ketones is 1. The molecule has 0 saturated carbocycles. The van der Waals surface area contributed by atoms with E-state index in [2.05, 4.69) is 34.4 Å². The molecule has 56 heavy (non-hydrogen) atoms. The molecule has 0 spiro atoms. The predicted octanol–water partition coefficient (Wildman–Crippen LogP) is -0.720. The molecule has 0 aromatic carbocycles. The molecule has 2 amide bonds.